The van der Waals surface area contributed by atoms with E-state index in [0.29, 0.717) is 24.0 Å². The van der Waals surface area contributed by atoms with Gasteiger partial charge >= 0.3 is 0 Å². The van der Waals surface area contributed by atoms with Gasteiger partial charge < -0.3 is 19.6 Å². The van der Waals surface area contributed by atoms with Crippen molar-refractivity contribution in [2.45, 2.75) is 63.0 Å². The van der Waals surface area contributed by atoms with Gasteiger partial charge in [0.2, 0.25) is 0 Å². The standard InChI is InChI=1S/C29H40ClN3O5S/c1-20-16-33(21(2)19-34)29(35)25-10-7-11-26(31-39(36,37)24-14-12-23(30)13-15-24)28(25)38-27(20)18-32(3)17-22-8-5-4-6-9-22/h7,10-15,20-22,27,31,34H,4-6,8-9,16-19H2,1-3H3/t20-,21-,27+/m0/s1. The van der Waals surface area contributed by atoms with Crippen molar-refractivity contribution in [3.8, 4) is 5.75 Å². The Balaban J connectivity index is 1.68. The first-order valence-electron chi connectivity index (χ1n) is 13.8. The van der Waals surface area contributed by atoms with Crippen molar-refractivity contribution in [2.75, 3.05) is 38.0 Å². The highest BCUT2D eigenvalue weighted by Crippen LogP contribution is 2.36. The van der Waals surface area contributed by atoms with Crippen LogP contribution in [0.5, 0.6) is 5.75 Å². The van der Waals surface area contributed by atoms with Crippen LogP contribution in [0.3, 0.4) is 0 Å². The number of benzene rings is 2. The molecule has 1 aliphatic heterocycles. The molecular weight excluding hydrogens is 538 g/mol. The van der Waals surface area contributed by atoms with E-state index in [1.165, 1.54) is 56.4 Å². The van der Waals surface area contributed by atoms with Crippen LogP contribution in [-0.2, 0) is 10.0 Å². The maximum Gasteiger partial charge on any atom is 0.262 e. The van der Waals surface area contributed by atoms with Crippen LogP contribution in [0.1, 0.15) is 56.3 Å². The Kier molecular flexibility index (Phi) is 9.80. The van der Waals surface area contributed by atoms with Crippen LogP contribution in [0.2, 0.25) is 5.02 Å². The number of anilines is 1. The number of halogens is 1. The van der Waals surface area contributed by atoms with Crippen molar-refractivity contribution in [3.05, 3.63) is 53.1 Å². The molecule has 4 rings (SSSR count). The number of para-hydroxylation sites is 1. The van der Waals surface area contributed by atoms with Crippen molar-refractivity contribution in [3.63, 3.8) is 0 Å². The number of hydrogen-bond acceptors (Lipinski definition) is 6. The van der Waals surface area contributed by atoms with Crippen LogP contribution in [-0.4, -0.2) is 74.7 Å². The van der Waals surface area contributed by atoms with Gasteiger partial charge in [-0.05, 0) is 69.1 Å². The highest BCUT2D eigenvalue weighted by Gasteiger charge is 2.35. The number of carbonyl (C=O) groups is 1. The summed E-state index contributed by atoms with van der Waals surface area (Å²) in [5.74, 6) is 0.498. The molecule has 1 amide bonds. The van der Waals surface area contributed by atoms with Crippen LogP contribution in [0.25, 0.3) is 0 Å². The third-order valence-electron chi connectivity index (χ3n) is 7.85. The highest BCUT2D eigenvalue weighted by atomic mass is 35.5. The topological polar surface area (TPSA) is 99.2 Å². The molecule has 0 radical (unpaired) electrons. The van der Waals surface area contributed by atoms with Gasteiger partial charge in [-0.15, -0.1) is 0 Å². The van der Waals surface area contributed by atoms with Gasteiger partial charge in [0.15, 0.2) is 5.75 Å². The predicted octanol–water partition coefficient (Wildman–Crippen LogP) is 4.87. The van der Waals surface area contributed by atoms with Crippen molar-refractivity contribution in [1.29, 1.82) is 0 Å². The number of carbonyl (C=O) groups excluding carboxylic acids is 1. The first-order chi connectivity index (χ1) is 18.6. The SMILES string of the molecule is C[C@H]1CN([C@@H](C)CO)C(=O)c2cccc(NS(=O)(=O)c3ccc(Cl)cc3)c2O[C@@H]1CN(C)CC1CCCCC1. The maximum atomic E-state index is 13.7. The van der Waals surface area contributed by atoms with Crippen LogP contribution < -0.4 is 9.46 Å². The number of amides is 1. The second-order valence-electron chi connectivity index (χ2n) is 11.1. The molecule has 214 valence electrons. The van der Waals surface area contributed by atoms with Gasteiger partial charge in [0, 0.05) is 30.6 Å². The lowest BCUT2D eigenvalue weighted by atomic mass is 9.89. The van der Waals surface area contributed by atoms with Crippen LogP contribution in [0, 0.1) is 11.8 Å². The van der Waals surface area contributed by atoms with Gasteiger partial charge in [-0.1, -0.05) is 43.9 Å². The second kappa shape index (κ2) is 12.9. The third-order valence-corrected chi connectivity index (χ3v) is 9.48. The average Bonchev–Trinajstić information content (AvgIpc) is 2.91. The smallest absolute Gasteiger partial charge is 0.262 e. The van der Waals surface area contributed by atoms with E-state index in [9.17, 15) is 18.3 Å². The maximum absolute atomic E-state index is 13.7. The monoisotopic (exact) mass is 577 g/mol. The van der Waals surface area contributed by atoms with E-state index >= 15 is 0 Å². The number of nitrogens with zero attached hydrogens (tertiary/aromatic N) is 2. The molecule has 1 fully saturated rings. The molecule has 1 aliphatic carbocycles. The minimum Gasteiger partial charge on any atom is -0.486 e. The molecule has 8 nitrogen and oxygen atoms in total. The summed E-state index contributed by atoms with van der Waals surface area (Å²) in [6.45, 7) is 5.69. The number of hydrogen-bond donors (Lipinski definition) is 2. The van der Waals surface area contributed by atoms with Crippen molar-refractivity contribution < 1.29 is 23.1 Å². The van der Waals surface area contributed by atoms with Gasteiger partial charge in [-0.3, -0.25) is 9.52 Å². The lowest BCUT2D eigenvalue weighted by Gasteiger charge is -2.39. The first-order valence-corrected chi connectivity index (χ1v) is 15.6. The molecule has 2 aromatic carbocycles. The van der Waals surface area contributed by atoms with E-state index in [0.717, 1.165) is 6.54 Å². The summed E-state index contributed by atoms with van der Waals surface area (Å²) in [6.07, 6.45) is 6.02. The Hall–Kier alpha value is -2.33. The Morgan fingerprint density at radius 1 is 1.13 bits per heavy atom. The summed E-state index contributed by atoms with van der Waals surface area (Å²) >= 11 is 5.95. The minimum absolute atomic E-state index is 0.0503. The van der Waals surface area contributed by atoms with Gasteiger partial charge in [0.05, 0.1) is 28.8 Å². The zero-order valence-electron chi connectivity index (χ0n) is 23.0. The molecule has 10 heteroatoms. The number of likely N-dealkylation sites (N-methyl/N-ethyl adjacent to an activating group) is 1. The Bertz CT molecular complexity index is 1230. The van der Waals surface area contributed by atoms with Crippen LogP contribution >= 0.6 is 11.6 Å². The lowest BCUT2D eigenvalue weighted by molar-refractivity contribution is 0.0333. The van der Waals surface area contributed by atoms with E-state index in [1.54, 1.807) is 23.1 Å². The fraction of sp³-hybridized carbons (Fsp3) is 0.552. The highest BCUT2D eigenvalue weighted by molar-refractivity contribution is 7.92. The zero-order valence-corrected chi connectivity index (χ0v) is 24.5. The number of fused-ring (bicyclic) bond motifs is 1. The summed E-state index contributed by atoms with van der Waals surface area (Å²) in [4.78, 5) is 17.7. The molecule has 2 N–H and O–H groups in total. The summed E-state index contributed by atoms with van der Waals surface area (Å²) in [6, 6.07) is 10.4. The molecule has 2 aromatic rings. The number of ether oxygens (including phenoxy) is 1. The third kappa shape index (κ3) is 7.25. The molecule has 0 unspecified atom stereocenters. The molecule has 0 aromatic heterocycles. The zero-order chi connectivity index (χ0) is 28.2. The molecular formula is C29H40ClN3O5S. The van der Waals surface area contributed by atoms with Crippen molar-refractivity contribution in [1.82, 2.24) is 9.80 Å². The lowest BCUT2D eigenvalue weighted by Crippen LogP contribution is -2.50. The molecule has 2 aliphatic rings. The summed E-state index contributed by atoms with van der Waals surface area (Å²) in [5, 5.41) is 10.3. The van der Waals surface area contributed by atoms with Gasteiger partial charge in [0.25, 0.3) is 15.9 Å². The average molecular weight is 578 g/mol. The van der Waals surface area contributed by atoms with E-state index < -0.39 is 16.1 Å². The van der Waals surface area contributed by atoms with E-state index in [4.69, 9.17) is 16.3 Å². The van der Waals surface area contributed by atoms with Gasteiger partial charge in [0.1, 0.15) is 6.10 Å². The molecule has 0 bridgehead atoms. The normalized spacial score (nSPS) is 21.6. The number of sulfonamides is 1. The van der Waals surface area contributed by atoms with Crippen molar-refractivity contribution >= 4 is 33.2 Å². The van der Waals surface area contributed by atoms with Crippen molar-refractivity contribution in [2.24, 2.45) is 11.8 Å². The first kappa shape index (κ1) is 29.6. The quantitative estimate of drug-likeness (QED) is 0.441. The summed E-state index contributed by atoms with van der Waals surface area (Å²) in [5.41, 5.74) is 0.458. The summed E-state index contributed by atoms with van der Waals surface area (Å²) in [7, 11) is -1.88. The van der Waals surface area contributed by atoms with E-state index in [1.807, 2.05) is 13.8 Å². The number of aliphatic hydroxyl groups is 1. The second-order valence-corrected chi connectivity index (χ2v) is 13.2. The molecule has 0 saturated heterocycles. The molecule has 39 heavy (non-hydrogen) atoms. The molecule has 0 spiro atoms. The van der Waals surface area contributed by atoms with E-state index in [2.05, 4.69) is 16.7 Å². The van der Waals surface area contributed by atoms with Gasteiger partial charge in [-0.2, -0.15) is 0 Å². The largest absolute Gasteiger partial charge is 0.486 e. The minimum atomic E-state index is -3.97. The fourth-order valence-corrected chi connectivity index (χ4v) is 6.74. The van der Waals surface area contributed by atoms with Crippen LogP contribution in [0.4, 0.5) is 5.69 Å². The fourth-order valence-electron chi connectivity index (χ4n) is 5.55. The van der Waals surface area contributed by atoms with Crippen LogP contribution in [0.15, 0.2) is 47.4 Å². The Morgan fingerprint density at radius 2 is 1.82 bits per heavy atom. The molecule has 3 atom stereocenters. The Labute approximate surface area is 237 Å². The number of aliphatic hydroxyl groups excluding tert-OH is 1. The summed E-state index contributed by atoms with van der Waals surface area (Å²) < 4.78 is 35.7. The predicted molar refractivity (Wildman–Crippen MR) is 154 cm³/mol. The Morgan fingerprint density at radius 3 is 2.49 bits per heavy atom. The number of nitrogens with one attached hydrogen (secondary N) is 1. The van der Waals surface area contributed by atoms with E-state index in [-0.39, 0.29) is 46.4 Å². The molecule has 1 heterocycles. The van der Waals surface area contributed by atoms with Gasteiger partial charge in [-0.25, -0.2) is 8.42 Å². The number of rotatable bonds is 9. The molecule has 1 saturated carbocycles.